The quantitative estimate of drug-likeness (QED) is 0.708. The highest BCUT2D eigenvalue weighted by atomic mass is 32.2. The van der Waals surface area contributed by atoms with Crippen LogP contribution >= 0.6 is 0 Å². The van der Waals surface area contributed by atoms with Crippen molar-refractivity contribution >= 4 is 10.0 Å². The van der Waals surface area contributed by atoms with Crippen LogP contribution in [0.3, 0.4) is 0 Å². The first-order valence-corrected chi connectivity index (χ1v) is 11.2. The summed E-state index contributed by atoms with van der Waals surface area (Å²) in [6.07, 6.45) is 1.56. The number of rotatable bonds is 6. The van der Waals surface area contributed by atoms with Crippen LogP contribution in [0.25, 0.3) is 0 Å². The second-order valence-electron chi connectivity index (χ2n) is 7.59. The van der Waals surface area contributed by atoms with Gasteiger partial charge in [0.05, 0.1) is 12.3 Å². The molecule has 0 radical (unpaired) electrons. The molecule has 0 saturated carbocycles. The lowest BCUT2D eigenvalue weighted by molar-refractivity contribution is 0.259. The first kappa shape index (κ1) is 21.7. The summed E-state index contributed by atoms with van der Waals surface area (Å²) < 4.78 is 69.4. The van der Waals surface area contributed by atoms with E-state index in [1.807, 2.05) is 23.3 Å². The molecule has 1 aromatic heterocycles. The van der Waals surface area contributed by atoms with Gasteiger partial charge >= 0.3 is 0 Å². The maximum Gasteiger partial charge on any atom is 0.209 e. The van der Waals surface area contributed by atoms with Gasteiger partial charge in [0, 0.05) is 38.2 Å². The van der Waals surface area contributed by atoms with E-state index in [-0.39, 0.29) is 18.0 Å². The maximum absolute atomic E-state index is 14.0. The molecule has 2 aromatic rings. The highest BCUT2D eigenvalue weighted by Crippen LogP contribution is 2.24. The molecule has 1 unspecified atom stereocenters. The van der Waals surface area contributed by atoms with Crippen LogP contribution in [0.15, 0.2) is 12.1 Å². The van der Waals surface area contributed by atoms with E-state index in [0.717, 1.165) is 18.4 Å². The van der Waals surface area contributed by atoms with Crippen molar-refractivity contribution in [2.24, 2.45) is 5.92 Å². The fourth-order valence-electron chi connectivity index (χ4n) is 3.43. The van der Waals surface area contributed by atoms with Crippen LogP contribution < -0.4 is 4.72 Å². The summed E-state index contributed by atoms with van der Waals surface area (Å²) in [7, 11) is -3.46. The molecule has 3 rings (SSSR count). The molecule has 7 nitrogen and oxygen atoms in total. The second kappa shape index (κ2) is 8.41. The molecule has 0 fully saturated rings. The molecule has 0 saturated heterocycles. The van der Waals surface area contributed by atoms with Gasteiger partial charge in [-0.3, -0.25) is 4.90 Å². The number of hydrogen-bond acceptors (Lipinski definition) is 5. The molecular formula is C18H24F3N5O2S. The van der Waals surface area contributed by atoms with E-state index in [0.29, 0.717) is 37.7 Å². The van der Waals surface area contributed by atoms with Crippen molar-refractivity contribution in [3.05, 3.63) is 46.8 Å². The van der Waals surface area contributed by atoms with Crippen molar-refractivity contribution in [1.82, 2.24) is 24.4 Å². The normalized spacial score (nSPS) is 16.7. The van der Waals surface area contributed by atoms with E-state index in [1.54, 1.807) is 0 Å². The molecule has 0 spiro atoms. The number of benzene rings is 1. The fraction of sp³-hybridized carbons (Fsp3) is 0.556. The standard InChI is InChI=1S/C18H24F3N5O2S/c1-11(2)17(24-29(3,27)28)18-23-22-15-6-7-25(8-9-26(15)18)10-12-13(19)4-5-14(20)16(12)21/h4-5,11,17,24H,6-10H2,1-3H3. The summed E-state index contributed by atoms with van der Waals surface area (Å²) in [6.45, 7) is 4.99. The molecule has 11 heteroatoms. The van der Waals surface area contributed by atoms with Gasteiger partial charge in [-0.05, 0) is 18.1 Å². The summed E-state index contributed by atoms with van der Waals surface area (Å²) in [5.41, 5.74) is -0.304. The minimum absolute atomic E-state index is 0.0622. The number of sulfonamides is 1. The van der Waals surface area contributed by atoms with Crippen LogP contribution in [0, 0.1) is 23.4 Å². The lowest BCUT2D eigenvalue weighted by atomic mass is 10.1. The number of nitrogens with zero attached hydrogens (tertiary/aromatic N) is 4. The Balaban J connectivity index is 1.80. The molecule has 160 valence electrons. The molecule has 0 bridgehead atoms. The van der Waals surface area contributed by atoms with E-state index < -0.39 is 33.5 Å². The van der Waals surface area contributed by atoms with Gasteiger partial charge < -0.3 is 4.57 Å². The predicted molar refractivity (Wildman–Crippen MR) is 101 cm³/mol. The van der Waals surface area contributed by atoms with Crippen LogP contribution in [0.1, 0.15) is 37.1 Å². The highest BCUT2D eigenvalue weighted by Gasteiger charge is 2.28. The van der Waals surface area contributed by atoms with E-state index in [2.05, 4.69) is 14.9 Å². The Labute approximate surface area is 168 Å². The van der Waals surface area contributed by atoms with Gasteiger partial charge in [-0.2, -0.15) is 0 Å². The average molecular weight is 431 g/mol. The number of halogens is 3. The van der Waals surface area contributed by atoms with E-state index in [4.69, 9.17) is 0 Å². The highest BCUT2D eigenvalue weighted by molar-refractivity contribution is 7.88. The lowest BCUT2D eigenvalue weighted by Gasteiger charge is -2.23. The Morgan fingerprint density at radius 2 is 1.79 bits per heavy atom. The minimum Gasteiger partial charge on any atom is -0.312 e. The molecule has 0 aliphatic carbocycles. The summed E-state index contributed by atoms with van der Waals surface area (Å²) in [6, 6.07) is 1.14. The van der Waals surface area contributed by atoms with E-state index >= 15 is 0 Å². The Morgan fingerprint density at radius 3 is 2.45 bits per heavy atom. The third kappa shape index (κ3) is 4.96. The predicted octanol–water partition coefficient (Wildman–Crippen LogP) is 2.00. The number of fused-ring (bicyclic) bond motifs is 1. The third-order valence-corrected chi connectivity index (χ3v) is 5.64. The van der Waals surface area contributed by atoms with Crippen molar-refractivity contribution in [2.45, 2.75) is 39.4 Å². The average Bonchev–Trinajstić information content (AvgIpc) is 2.92. The third-order valence-electron chi connectivity index (χ3n) is 4.95. The molecule has 2 heterocycles. The van der Waals surface area contributed by atoms with Gasteiger partial charge in [-0.15, -0.1) is 10.2 Å². The van der Waals surface area contributed by atoms with Gasteiger partial charge in [-0.25, -0.2) is 26.3 Å². The summed E-state index contributed by atoms with van der Waals surface area (Å²) >= 11 is 0. The fourth-order valence-corrected chi connectivity index (χ4v) is 4.27. The van der Waals surface area contributed by atoms with Gasteiger partial charge in [0.1, 0.15) is 11.6 Å². The second-order valence-corrected chi connectivity index (χ2v) is 9.37. The summed E-state index contributed by atoms with van der Waals surface area (Å²) in [5, 5.41) is 8.38. The molecule has 29 heavy (non-hydrogen) atoms. The van der Waals surface area contributed by atoms with Gasteiger partial charge in [-0.1, -0.05) is 13.8 Å². The molecule has 1 N–H and O–H groups in total. The smallest absolute Gasteiger partial charge is 0.209 e. The zero-order valence-corrected chi connectivity index (χ0v) is 17.3. The van der Waals surface area contributed by atoms with Gasteiger partial charge in [0.15, 0.2) is 17.5 Å². The zero-order chi connectivity index (χ0) is 21.3. The first-order valence-electron chi connectivity index (χ1n) is 9.31. The van der Waals surface area contributed by atoms with Crippen molar-refractivity contribution in [2.75, 3.05) is 19.3 Å². The Morgan fingerprint density at radius 1 is 1.10 bits per heavy atom. The van der Waals surface area contributed by atoms with E-state index in [1.165, 1.54) is 0 Å². The summed E-state index contributed by atoms with van der Waals surface area (Å²) in [4.78, 5) is 1.81. The van der Waals surface area contributed by atoms with Crippen molar-refractivity contribution in [3.8, 4) is 0 Å². The molecule has 1 atom stereocenters. The molecule has 1 aliphatic heterocycles. The largest absolute Gasteiger partial charge is 0.312 e. The van der Waals surface area contributed by atoms with Crippen molar-refractivity contribution in [3.63, 3.8) is 0 Å². The van der Waals surface area contributed by atoms with Crippen molar-refractivity contribution < 1.29 is 21.6 Å². The SMILES string of the molecule is CC(C)C(NS(C)(=O)=O)c1nnc2n1CCN(Cc1c(F)ccc(F)c1F)CC2. The van der Waals surface area contributed by atoms with Crippen LogP contribution in [0.2, 0.25) is 0 Å². The van der Waals surface area contributed by atoms with E-state index in [9.17, 15) is 21.6 Å². The van der Waals surface area contributed by atoms with Crippen LogP contribution in [0.5, 0.6) is 0 Å². The minimum atomic E-state index is -3.46. The van der Waals surface area contributed by atoms with Gasteiger partial charge in [0.2, 0.25) is 10.0 Å². The van der Waals surface area contributed by atoms with Gasteiger partial charge in [0.25, 0.3) is 0 Å². The maximum atomic E-state index is 14.0. The summed E-state index contributed by atoms with van der Waals surface area (Å²) in [5.74, 6) is -1.93. The van der Waals surface area contributed by atoms with Crippen LogP contribution in [-0.2, 0) is 29.5 Å². The molecule has 1 aliphatic rings. The topological polar surface area (TPSA) is 80.1 Å². The molecule has 1 aromatic carbocycles. The Kier molecular flexibility index (Phi) is 6.30. The van der Waals surface area contributed by atoms with Crippen LogP contribution in [-0.4, -0.2) is 47.4 Å². The number of aromatic nitrogens is 3. The Bertz CT molecular complexity index is 994. The monoisotopic (exact) mass is 431 g/mol. The van der Waals surface area contributed by atoms with Crippen molar-refractivity contribution in [1.29, 1.82) is 0 Å². The molecule has 0 amide bonds. The zero-order valence-electron chi connectivity index (χ0n) is 16.5. The number of hydrogen-bond donors (Lipinski definition) is 1. The molecular weight excluding hydrogens is 407 g/mol. The first-order chi connectivity index (χ1) is 13.6. The Hall–Kier alpha value is -1.98. The lowest BCUT2D eigenvalue weighted by Crippen LogP contribution is -2.33. The van der Waals surface area contributed by atoms with Crippen LogP contribution in [0.4, 0.5) is 13.2 Å². The number of nitrogens with one attached hydrogen (secondary N) is 1.